The van der Waals surface area contributed by atoms with E-state index in [-0.39, 0.29) is 0 Å². The Hall–Kier alpha value is -0.905. The first-order chi connectivity index (χ1) is 7.29. The minimum absolute atomic E-state index is 0.403. The largest absolute Gasteiger partial charge is 0.673 e. The summed E-state index contributed by atoms with van der Waals surface area (Å²) in [6, 6.07) is 10.4. The third-order valence-corrected chi connectivity index (χ3v) is 2.01. The highest BCUT2D eigenvalue weighted by Crippen LogP contribution is 2.06. The van der Waals surface area contributed by atoms with Gasteiger partial charge in [0.15, 0.2) is 0 Å². The second kappa shape index (κ2) is 7.38. The van der Waals surface area contributed by atoms with E-state index in [1.807, 2.05) is 6.07 Å². The van der Waals surface area contributed by atoms with Gasteiger partial charge >= 0.3 is 7.25 Å². The Kier molecular flexibility index (Phi) is 6.96. The van der Waals surface area contributed by atoms with Crippen LogP contribution in [0.15, 0.2) is 35.7 Å². The van der Waals surface area contributed by atoms with Crippen molar-refractivity contribution >= 4 is 24.2 Å². The predicted molar refractivity (Wildman–Crippen MR) is 64.9 cm³/mol. The fraction of sp³-hybridized carbons (Fsp3) is 0.200. The topological polar surface area (TPSA) is 0 Å². The van der Waals surface area contributed by atoms with Crippen LogP contribution in [0.1, 0.15) is 5.56 Å². The summed E-state index contributed by atoms with van der Waals surface area (Å²) in [4.78, 5) is 0. The lowest BCUT2D eigenvalue weighted by molar-refractivity contribution is 0.368. The lowest BCUT2D eigenvalue weighted by Gasteiger charge is -1.94. The van der Waals surface area contributed by atoms with Crippen LogP contribution in [0.25, 0.3) is 6.08 Å². The summed E-state index contributed by atoms with van der Waals surface area (Å²) in [7, 11) is -5.60. The predicted octanol–water partition coefficient (Wildman–Crippen LogP) is 3.84. The second-order valence-electron chi connectivity index (χ2n) is 3.09. The van der Waals surface area contributed by atoms with Crippen molar-refractivity contribution in [3.63, 3.8) is 0 Å². The van der Waals surface area contributed by atoms with Gasteiger partial charge in [0.05, 0.1) is 0 Å². The molecule has 0 bridgehead atoms. The highest BCUT2D eigenvalue weighted by Gasteiger charge is 2.20. The summed E-state index contributed by atoms with van der Waals surface area (Å²) in [6.45, 7) is 0. The van der Waals surface area contributed by atoms with Crippen LogP contribution in [-0.2, 0) is 10.9 Å². The van der Waals surface area contributed by atoms with Crippen LogP contribution in [-0.4, -0.2) is 19.8 Å². The van der Waals surface area contributed by atoms with Crippen molar-refractivity contribution in [2.24, 2.45) is 0 Å². The van der Waals surface area contributed by atoms with Crippen LogP contribution in [0.5, 0.6) is 0 Å². The van der Waals surface area contributed by atoms with E-state index in [0.29, 0.717) is 10.9 Å². The number of rotatable bonds is 2. The van der Waals surface area contributed by atoms with E-state index in [9.17, 15) is 17.3 Å². The third-order valence-electron chi connectivity index (χ3n) is 1.33. The van der Waals surface area contributed by atoms with Gasteiger partial charge in [-0.3, -0.25) is 0 Å². The first-order valence-electron chi connectivity index (χ1n) is 4.46. The molecule has 0 aromatic heterocycles. The Morgan fingerprint density at radius 2 is 1.44 bits per heavy atom. The minimum atomic E-state index is -6.00. The molecule has 0 nitrogen and oxygen atoms in total. The van der Waals surface area contributed by atoms with Crippen molar-refractivity contribution in [3.8, 4) is 0 Å². The number of halogens is 4. The quantitative estimate of drug-likeness (QED) is 0.426. The van der Waals surface area contributed by atoms with Gasteiger partial charge in [-0.1, -0.05) is 30.3 Å². The van der Waals surface area contributed by atoms with Crippen molar-refractivity contribution in [1.29, 1.82) is 0 Å². The van der Waals surface area contributed by atoms with E-state index < -0.39 is 7.25 Å². The van der Waals surface area contributed by atoms with Crippen LogP contribution in [0.4, 0.5) is 17.3 Å². The molecule has 0 radical (unpaired) electrons. The smallest absolute Gasteiger partial charge is 0.418 e. The van der Waals surface area contributed by atoms with Crippen molar-refractivity contribution in [2.75, 3.05) is 12.5 Å². The van der Waals surface area contributed by atoms with Gasteiger partial charge in [0.25, 0.3) is 0 Å². The fourth-order valence-corrected chi connectivity index (χ4v) is 1.21. The van der Waals surface area contributed by atoms with Crippen molar-refractivity contribution < 1.29 is 17.3 Å². The molecule has 0 amide bonds. The van der Waals surface area contributed by atoms with Gasteiger partial charge in [-0.2, -0.15) is 0 Å². The zero-order chi connectivity index (χ0) is 12.6. The molecule has 16 heavy (non-hydrogen) atoms. The maximum atomic E-state index is 9.75. The molecule has 0 aliphatic heterocycles. The third kappa shape index (κ3) is 13.1. The molecule has 0 aliphatic rings. The summed E-state index contributed by atoms with van der Waals surface area (Å²) >= 11 is 0. The highest BCUT2D eigenvalue weighted by molar-refractivity contribution is 7.98. The van der Waals surface area contributed by atoms with Crippen molar-refractivity contribution in [2.45, 2.75) is 0 Å². The van der Waals surface area contributed by atoms with Gasteiger partial charge in [0.2, 0.25) is 0 Å². The molecule has 0 saturated heterocycles. The number of benzene rings is 1. The van der Waals surface area contributed by atoms with E-state index in [4.69, 9.17) is 0 Å². The molecule has 0 heterocycles. The average molecular weight is 252 g/mol. The Labute approximate surface area is 95.8 Å². The van der Waals surface area contributed by atoms with Gasteiger partial charge in [0, 0.05) is 10.9 Å². The van der Waals surface area contributed by atoms with Crippen molar-refractivity contribution in [3.05, 3.63) is 41.3 Å². The zero-order valence-electron chi connectivity index (χ0n) is 9.04. The molecule has 0 aliphatic carbocycles. The fourth-order valence-electron chi connectivity index (χ4n) is 0.779. The maximum absolute atomic E-state index is 9.75. The SMILES string of the molecule is C[S+](C)/C=C/c1ccccc1.F[B-](F)(F)F. The molecule has 1 aromatic rings. The van der Waals surface area contributed by atoms with Crippen LogP contribution in [0, 0.1) is 0 Å². The van der Waals surface area contributed by atoms with E-state index in [0.717, 1.165) is 0 Å². The summed E-state index contributed by atoms with van der Waals surface area (Å²) in [6.07, 6.45) is 6.59. The lowest BCUT2D eigenvalue weighted by Crippen LogP contribution is -2.02. The number of hydrogen-bond donors (Lipinski definition) is 0. The molecule has 0 N–H and O–H groups in total. The molecule has 0 saturated carbocycles. The summed E-state index contributed by atoms with van der Waals surface area (Å²) in [5.41, 5.74) is 1.29. The van der Waals surface area contributed by atoms with E-state index >= 15 is 0 Å². The molecular weight excluding hydrogens is 239 g/mol. The van der Waals surface area contributed by atoms with Gasteiger partial charge < -0.3 is 17.3 Å². The van der Waals surface area contributed by atoms with Gasteiger partial charge in [-0.05, 0) is 11.6 Å². The Morgan fingerprint density at radius 1 is 1.00 bits per heavy atom. The van der Waals surface area contributed by atoms with Crippen LogP contribution < -0.4 is 0 Å². The normalized spacial score (nSPS) is 11.4. The molecule has 0 atom stereocenters. The van der Waals surface area contributed by atoms with Crippen LogP contribution in [0.2, 0.25) is 0 Å². The second-order valence-corrected chi connectivity index (χ2v) is 5.12. The average Bonchev–Trinajstić information content (AvgIpc) is 2.14. The van der Waals surface area contributed by atoms with E-state index in [1.54, 1.807) is 0 Å². The Morgan fingerprint density at radius 3 is 1.81 bits per heavy atom. The first-order valence-corrected chi connectivity index (χ1v) is 6.56. The van der Waals surface area contributed by atoms with Crippen molar-refractivity contribution in [1.82, 2.24) is 0 Å². The van der Waals surface area contributed by atoms with Gasteiger partial charge in [0.1, 0.15) is 17.9 Å². The van der Waals surface area contributed by atoms with Crippen LogP contribution >= 0.6 is 0 Å². The Balaban J connectivity index is 0.000000385. The summed E-state index contributed by atoms with van der Waals surface area (Å²) in [5, 5.41) is 2.23. The Bertz CT molecular complexity index is 302. The standard InChI is InChI=1S/C10H13S.BF4/c1-11(2)9-8-10-6-4-3-5-7-10;2-1(3,4)5/h3-9H,1-2H3;/q+1;-1/b9-8+;. The van der Waals surface area contributed by atoms with Gasteiger partial charge in [-0.25, -0.2) is 0 Å². The molecular formula is C10H13BF4S. The van der Waals surface area contributed by atoms with E-state index in [1.165, 1.54) is 5.56 Å². The molecule has 0 unspecified atom stereocenters. The zero-order valence-corrected chi connectivity index (χ0v) is 9.86. The highest BCUT2D eigenvalue weighted by atomic mass is 32.2. The molecule has 0 spiro atoms. The summed E-state index contributed by atoms with van der Waals surface area (Å²) in [5.74, 6) is 0. The molecule has 6 heteroatoms. The van der Waals surface area contributed by atoms with Crippen LogP contribution in [0.3, 0.4) is 0 Å². The van der Waals surface area contributed by atoms with E-state index in [2.05, 4.69) is 48.3 Å². The molecule has 1 rings (SSSR count). The first kappa shape index (κ1) is 15.1. The lowest BCUT2D eigenvalue weighted by atomic mass is 10.2. The minimum Gasteiger partial charge on any atom is -0.418 e. The molecule has 1 aromatic carbocycles. The molecule has 90 valence electrons. The van der Waals surface area contributed by atoms with Gasteiger partial charge in [-0.15, -0.1) is 0 Å². The summed E-state index contributed by atoms with van der Waals surface area (Å²) < 4.78 is 39.0. The maximum Gasteiger partial charge on any atom is 0.673 e. The number of hydrogen-bond acceptors (Lipinski definition) is 0. The monoisotopic (exact) mass is 252 g/mol. The molecule has 0 fully saturated rings.